The molecule has 29 heavy (non-hydrogen) atoms. The van der Waals surface area contributed by atoms with Crippen LogP contribution in [-0.4, -0.2) is 26.0 Å². The molecule has 6 nitrogen and oxygen atoms in total. The number of fused-ring (bicyclic) bond motifs is 2. The van der Waals surface area contributed by atoms with Crippen LogP contribution in [0.25, 0.3) is 26.9 Å². The molecule has 0 bridgehead atoms. The van der Waals surface area contributed by atoms with Crippen molar-refractivity contribution < 1.29 is 0 Å². The van der Waals surface area contributed by atoms with E-state index in [1.807, 2.05) is 67.6 Å². The van der Waals surface area contributed by atoms with E-state index in [1.165, 1.54) is 0 Å². The number of halogens is 1. The number of hydrogen-bond acceptors (Lipinski definition) is 6. The summed E-state index contributed by atoms with van der Waals surface area (Å²) in [6.45, 7) is 1.96. The second-order valence-corrected chi connectivity index (χ2v) is 7.82. The highest BCUT2D eigenvalue weighted by molar-refractivity contribution is 7.22. The van der Waals surface area contributed by atoms with Gasteiger partial charge in [-0.05, 0) is 37.3 Å². The minimum absolute atomic E-state index is 0.365. The van der Waals surface area contributed by atoms with Crippen molar-refractivity contribution in [2.75, 3.05) is 5.43 Å². The molecule has 8 heteroatoms. The summed E-state index contributed by atoms with van der Waals surface area (Å²) in [5.41, 5.74) is 7.16. The van der Waals surface area contributed by atoms with Gasteiger partial charge in [0.25, 0.3) is 0 Å². The van der Waals surface area contributed by atoms with Crippen LogP contribution in [0.3, 0.4) is 0 Å². The predicted octanol–water partition coefficient (Wildman–Crippen LogP) is 5.44. The highest BCUT2D eigenvalue weighted by Crippen LogP contribution is 2.26. The SMILES string of the molecule is Cc1nn(-c2ccccc2)c2nc(Cl)c(C=NNc3nc4ccccc4s3)cc12. The Bertz CT molecular complexity index is 1320. The number of aryl methyl sites for hydroxylation is 1. The molecule has 0 amide bonds. The zero-order valence-electron chi connectivity index (χ0n) is 15.4. The Morgan fingerprint density at radius 3 is 2.69 bits per heavy atom. The predicted molar refractivity (Wildman–Crippen MR) is 119 cm³/mol. The zero-order chi connectivity index (χ0) is 19.8. The molecular weight excluding hydrogens is 404 g/mol. The molecule has 0 fully saturated rings. The molecule has 1 N–H and O–H groups in total. The van der Waals surface area contributed by atoms with Crippen molar-refractivity contribution >= 4 is 55.5 Å². The third-order valence-electron chi connectivity index (χ3n) is 4.48. The molecule has 3 heterocycles. The van der Waals surface area contributed by atoms with E-state index in [1.54, 1.807) is 22.2 Å². The van der Waals surface area contributed by atoms with Crippen molar-refractivity contribution in [3.05, 3.63) is 77.1 Å². The number of hydrazone groups is 1. The summed E-state index contributed by atoms with van der Waals surface area (Å²) >= 11 is 7.98. The Morgan fingerprint density at radius 1 is 1.07 bits per heavy atom. The molecule has 0 spiro atoms. The maximum absolute atomic E-state index is 6.43. The van der Waals surface area contributed by atoms with Gasteiger partial charge in [0.2, 0.25) is 5.13 Å². The largest absolute Gasteiger partial charge is 0.253 e. The van der Waals surface area contributed by atoms with Crippen LogP contribution < -0.4 is 5.43 Å². The highest BCUT2D eigenvalue weighted by Gasteiger charge is 2.13. The van der Waals surface area contributed by atoms with Gasteiger partial charge in [0.15, 0.2) is 5.65 Å². The summed E-state index contributed by atoms with van der Waals surface area (Å²) in [6.07, 6.45) is 1.65. The Kier molecular flexibility index (Phi) is 4.46. The number of nitrogens with one attached hydrogen (secondary N) is 1. The fraction of sp³-hybridized carbons (Fsp3) is 0.0476. The number of thiazole rings is 1. The lowest BCUT2D eigenvalue weighted by Crippen LogP contribution is -1.98. The van der Waals surface area contributed by atoms with Crippen molar-refractivity contribution in [3.63, 3.8) is 0 Å². The first-order valence-corrected chi connectivity index (χ1v) is 10.1. The molecule has 3 aromatic heterocycles. The van der Waals surface area contributed by atoms with Gasteiger partial charge in [-0.3, -0.25) is 5.43 Å². The van der Waals surface area contributed by atoms with E-state index >= 15 is 0 Å². The lowest BCUT2D eigenvalue weighted by molar-refractivity contribution is 0.878. The van der Waals surface area contributed by atoms with E-state index in [0.29, 0.717) is 10.7 Å². The molecule has 0 aliphatic heterocycles. The van der Waals surface area contributed by atoms with Crippen LogP contribution in [-0.2, 0) is 0 Å². The van der Waals surface area contributed by atoms with Gasteiger partial charge >= 0.3 is 0 Å². The monoisotopic (exact) mass is 418 g/mol. The van der Waals surface area contributed by atoms with Gasteiger partial charge in [0.1, 0.15) is 5.15 Å². The normalized spacial score (nSPS) is 11.7. The van der Waals surface area contributed by atoms with E-state index in [-0.39, 0.29) is 0 Å². The summed E-state index contributed by atoms with van der Waals surface area (Å²) < 4.78 is 2.91. The second kappa shape index (κ2) is 7.27. The molecule has 0 unspecified atom stereocenters. The summed E-state index contributed by atoms with van der Waals surface area (Å²) in [5.74, 6) is 0. The van der Waals surface area contributed by atoms with Crippen LogP contribution in [0.15, 0.2) is 65.8 Å². The number of pyridine rings is 1. The van der Waals surface area contributed by atoms with Crippen LogP contribution in [0, 0.1) is 6.92 Å². The third kappa shape index (κ3) is 3.35. The number of anilines is 1. The summed E-state index contributed by atoms with van der Waals surface area (Å²) in [6, 6.07) is 19.8. The van der Waals surface area contributed by atoms with E-state index in [9.17, 15) is 0 Å². The molecule has 0 aliphatic rings. The third-order valence-corrected chi connectivity index (χ3v) is 5.73. The Hall–Kier alpha value is -3.29. The standard InChI is InChI=1S/C21H15ClN6S/c1-13-16-11-14(12-23-26-21-24-17-9-5-6-10-18(17)29-21)19(22)25-20(16)28(27-13)15-7-3-2-4-8-15/h2-12H,1H3,(H,24,26). The van der Waals surface area contributed by atoms with Gasteiger partial charge in [-0.25, -0.2) is 14.6 Å². The van der Waals surface area contributed by atoms with Crippen LogP contribution >= 0.6 is 22.9 Å². The molecule has 0 saturated carbocycles. The molecule has 5 rings (SSSR count). The Balaban J connectivity index is 1.46. The van der Waals surface area contributed by atoms with Gasteiger partial charge in [-0.2, -0.15) is 10.2 Å². The van der Waals surface area contributed by atoms with E-state index in [0.717, 1.165) is 37.8 Å². The lowest BCUT2D eigenvalue weighted by atomic mass is 10.2. The molecule has 0 aliphatic carbocycles. The zero-order valence-corrected chi connectivity index (χ0v) is 16.9. The molecule has 142 valence electrons. The van der Waals surface area contributed by atoms with E-state index in [4.69, 9.17) is 11.6 Å². The number of benzene rings is 2. The van der Waals surface area contributed by atoms with E-state index < -0.39 is 0 Å². The second-order valence-electron chi connectivity index (χ2n) is 6.43. The highest BCUT2D eigenvalue weighted by atomic mass is 35.5. The average molecular weight is 419 g/mol. The Morgan fingerprint density at radius 2 is 1.86 bits per heavy atom. The van der Waals surface area contributed by atoms with Crippen LogP contribution in [0.4, 0.5) is 5.13 Å². The lowest BCUT2D eigenvalue weighted by Gasteiger charge is -2.03. The molecule has 0 atom stereocenters. The van der Waals surface area contributed by atoms with Gasteiger partial charge < -0.3 is 0 Å². The van der Waals surface area contributed by atoms with Gasteiger partial charge in [-0.15, -0.1) is 0 Å². The maximum atomic E-state index is 6.43. The average Bonchev–Trinajstić information content (AvgIpc) is 3.29. The fourth-order valence-corrected chi connectivity index (χ4v) is 4.09. The minimum Gasteiger partial charge on any atom is -0.253 e. The Labute approximate surface area is 175 Å². The number of aromatic nitrogens is 4. The molecule has 5 aromatic rings. The quantitative estimate of drug-likeness (QED) is 0.240. The van der Waals surface area contributed by atoms with Gasteiger partial charge in [-0.1, -0.05) is 53.3 Å². The molecule has 0 saturated heterocycles. The van der Waals surface area contributed by atoms with Gasteiger partial charge in [0, 0.05) is 10.9 Å². The van der Waals surface area contributed by atoms with Crippen LogP contribution in [0.5, 0.6) is 0 Å². The van der Waals surface area contributed by atoms with Crippen molar-refractivity contribution in [3.8, 4) is 5.69 Å². The fourth-order valence-electron chi connectivity index (χ4n) is 3.09. The summed E-state index contributed by atoms with van der Waals surface area (Å²) in [4.78, 5) is 9.07. The van der Waals surface area contributed by atoms with E-state index in [2.05, 4.69) is 25.6 Å². The topological polar surface area (TPSA) is 68.0 Å². The first kappa shape index (κ1) is 17.8. The number of rotatable bonds is 4. The minimum atomic E-state index is 0.365. The first-order chi connectivity index (χ1) is 14.2. The smallest absolute Gasteiger partial charge is 0.204 e. The van der Waals surface area contributed by atoms with Crippen molar-refractivity contribution in [1.82, 2.24) is 19.7 Å². The number of nitrogens with zero attached hydrogens (tertiary/aromatic N) is 5. The van der Waals surface area contributed by atoms with Crippen molar-refractivity contribution in [2.45, 2.75) is 6.92 Å². The van der Waals surface area contributed by atoms with Gasteiger partial charge in [0.05, 0.1) is 27.8 Å². The van der Waals surface area contributed by atoms with Crippen molar-refractivity contribution in [1.29, 1.82) is 0 Å². The summed E-state index contributed by atoms with van der Waals surface area (Å²) in [5, 5.41) is 10.9. The molecular formula is C21H15ClN6S. The van der Waals surface area contributed by atoms with Crippen LogP contribution in [0.1, 0.15) is 11.3 Å². The van der Waals surface area contributed by atoms with Crippen LogP contribution in [0.2, 0.25) is 5.15 Å². The summed E-state index contributed by atoms with van der Waals surface area (Å²) in [7, 11) is 0. The number of para-hydroxylation sites is 2. The number of hydrogen-bond donors (Lipinski definition) is 1. The molecule has 2 aromatic carbocycles. The van der Waals surface area contributed by atoms with Crippen molar-refractivity contribution in [2.24, 2.45) is 5.10 Å². The molecule has 0 radical (unpaired) electrons. The first-order valence-electron chi connectivity index (χ1n) is 8.95. The maximum Gasteiger partial charge on any atom is 0.204 e.